The molecule has 1 aliphatic carbocycles. The quantitative estimate of drug-likeness (QED) is 0.866. The van der Waals surface area contributed by atoms with Gasteiger partial charge in [-0.1, -0.05) is 58.2 Å². The highest BCUT2D eigenvalue weighted by molar-refractivity contribution is 5.98. The topological polar surface area (TPSA) is 55.1 Å². The summed E-state index contributed by atoms with van der Waals surface area (Å²) in [6.45, 7) is 6.45. The molecule has 0 unspecified atom stereocenters. The normalized spacial score (nSPS) is 18.6. The van der Waals surface area contributed by atoms with Gasteiger partial charge in [-0.25, -0.2) is 0 Å². The molecule has 1 aliphatic rings. The number of nitrogens with two attached hydrogens (primary N) is 1. The highest BCUT2D eigenvalue weighted by Gasteiger charge is 2.35. The van der Waals surface area contributed by atoms with Gasteiger partial charge in [0.25, 0.3) is 0 Å². The number of anilines is 1. The van der Waals surface area contributed by atoms with Crippen molar-refractivity contribution in [2.45, 2.75) is 63.8 Å². The third kappa shape index (κ3) is 3.21. The van der Waals surface area contributed by atoms with Gasteiger partial charge in [0.05, 0.1) is 5.54 Å². The summed E-state index contributed by atoms with van der Waals surface area (Å²) in [6, 6.07) is 7.99. The van der Waals surface area contributed by atoms with E-state index in [-0.39, 0.29) is 11.3 Å². The zero-order valence-electron chi connectivity index (χ0n) is 12.8. The van der Waals surface area contributed by atoms with Gasteiger partial charge in [0.15, 0.2) is 0 Å². The monoisotopic (exact) mass is 274 g/mol. The molecule has 110 valence electrons. The van der Waals surface area contributed by atoms with Crippen LogP contribution in [0.15, 0.2) is 24.3 Å². The lowest BCUT2D eigenvalue weighted by atomic mass is 9.81. The molecule has 1 saturated carbocycles. The molecule has 0 atom stereocenters. The Labute approximate surface area is 121 Å². The average molecular weight is 274 g/mol. The zero-order chi connectivity index (χ0) is 14.8. The highest BCUT2D eigenvalue weighted by atomic mass is 16.2. The molecule has 0 bridgehead atoms. The maximum absolute atomic E-state index is 12.5. The molecule has 3 N–H and O–H groups in total. The van der Waals surface area contributed by atoms with Gasteiger partial charge < -0.3 is 11.1 Å². The third-order valence-electron chi connectivity index (χ3n) is 4.18. The highest BCUT2D eigenvalue weighted by Crippen LogP contribution is 2.31. The van der Waals surface area contributed by atoms with E-state index < -0.39 is 5.54 Å². The molecule has 2 rings (SSSR count). The first-order valence-corrected chi connectivity index (χ1v) is 7.53. The summed E-state index contributed by atoms with van der Waals surface area (Å²) in [4.78, 5) is 12.5. The minimum Gasteiger partial charge on any atom is -0.324 e. The van der Waals surface area contributed by atoms with E-state index in [9.17, 15) is 4.79 Å². The van der Waals surface area contributed by atoms with Crippen molar-refractivity contribution in [2.75, 3.05) is 5.32 Å². The Kier molecular flexibility index (Phi) is 4.19. The molecule has 0 aromatic heterocycles. The van der Waals surface area contributed by atoms with Crippen LogP contribution in [0.1, 0.15) is 58.4 Å². The Hall–Kier alpha value is -1.35. The lowest BCUT2D eigenvalue weighted by Gasteiger charge is -2.32. The first-order valence-electron chi connectivity index (χ1n) is 7.53. The minimum atomic E-state index is -0.691. The molecule has 0 aliphatic heterocycles. The van der Waals surface area contributed by atoms with Crippen LogP contribution in [0, 0.1) is 0 Å². The van der Waals surface area contributed by atoms with E-state index in [1.807, 2.05) is 18.2 Å². The van der Waals surface area contributed by atoms with Crippen LogP contribution in [-0.4, -0.2) is 11.4 Å². The number of para-hydroxylation sites is 1. The Morgan fingerprint density at radius 1 is 1.15 bits per heavy atom. The van der Waals surface area contributed by atoms with Gasteiger partial charge in [0.1, 0.15) is 0 Å². The molecule has 0 radical (unpaired) electrons. The number of hydrogen-bond acceptors (Lipinski definition) is 2. The fourth-order valence-electron chi connectivity index (χ4n) is 2.90. The summed E-state index contributed by atoms with van der Waals surface area (Å²) < 4.78 is 0. The maximum Gasteiger partial charge on any atom is 0.244 e. The van der Waals surface area contributed by atoms with Crippen LogP contribution in [0.25, 0.3) is 0 Å². The molecule has 3 heteroatoms. The van der Waals surface area contributed by atoms with Crippen LogP contribution in [0.2, 0.25) is 0 Å². The number of carbonyl (C=O) groups is 1. The number of nitrogens with one attached hydrogen (secondary N) is 1. The molecule has 0 saturated heterocycles. The van der Waals surface area contributed by atoms with Crippen LogP contribution in [0.3, 0.4) is 0 Å². The number of rotatable bonds is 2. The molecular weight excluding hydrogens is 248 g/mol. The standard InChI is InChI=1S/C17H26N2O/c1-16(2,3)13-9-5-6-10-14(13)19-15(20)17(18)11-7-4-8-12-17/h5-6,9-10H,4,7-8,11-12,18H2,1-3H3,(H,19,20). The van der Waals surface area contributed by atoms with Gasteiger partial charge >= 0.3 is 0 Å². The maximum atomic E-state index is 12.5. The largest absolute Gasteiger partial charge is 0.324 e. The van der Waals surface area contributed by atoms with Gasteiger partial charge in [0, 0.05) is 5.69 Å². The van der Waals surface area contributed by atoms with Crippen LogP contribution in [-0.2, 0) is 10.2 Å². The van der Waals surface area contributed by atoms with Crippen molar-refractivity contribution in [3.05, 3.63) is 29.8 Å². The van der Waals surface area contributed by atoms with E-state index in [0.29, 0.717) is 0 Å². The van der Waals surface area contributed by atoms with Crippen molar-refractivity contribution >= 4 is 11.6 Å². The van der Waals surface area contributed by atoms with E-state index in [0.717, 1.165) is 36.9 Å². The van der Waals surface area contributed by atoms with E-state index in [1.165, 1.54) is 6.42 Å². The molecular formula is C17H26N2O. The van der Waals surface area contributed by atoms with Crippen LogP contribution < -0.4 is 11.1 Å². The van der Waals surface area contributed by atoms with Gasteiger partial charge in [-0.15, -0.1) is 0 Å². The summed E-state index contributed by atoms with van der Waals surface area (Å²) in [5.74, 6) is -0.0334. The third-order valence-corrected chi connectivity index (χ3v) is 4.18. The van der Waals surface area contributed by atoms with Gasteiger partial charge in [-0.05, 0) is 29.9 Å². The number of amides is 1. The summed E-state index contributed by atoms with van der Waals surface area (Å²) in [5, 5.41) is 3.06. The van der Waals surface area contributed by atoms with E-state index in [1.54, 1.807) is 0 Å². The summed E-state index contributed by atoms with van der Waals surface area (Å²) >= 11 is 0. The molecule has 1 amide bonds. The van der Waals surface area contributed by atoms with Crippen molar-refractivity contribution in [2.24, 2.45) is 5.73 Å². The Balaban J connectivity index is 2.20. The predicted molar refractivity (Wildman–Crippen MR) is 83.8 cm³/mol. The molecule has 3 nitrogen and oxygen atoms in total. The summed E-state index contributed by atoms with van der Waals surface area (Å²) in [6.07, 6.45) is 4.85. The molecule has 1 aromatic rings. The Bertz CT molecular complexity index is 482. The lowest BCUT2D eigenvalue weighted by Crippen LogP contribution is -2.52. The Morgan fingerprint density at radius 3 is 2.35 bits per heavy atom. The van der Waals surface area contributed by atoms with Crippen molar-refractivity contribution in [1.29, 1.82) is 0 Å². The fourth-order valence-corrected chi connectivity index (χ4v) is 2.90. The average Bonchev–Trinajstić information content (AvgIpc) is 2.39. The van der Waals surface area contributed by atoms with Crippen molar-refractivity contribution in [3.8, 4) is 0 Å². The number of hydrogen-bond donors (Lipinski definition) is 2. The molecule has 20 heavy (non-hydrogen) atoms. The Morgan fingerprint density at radius 2 is 1.75 bits per heavy atom. The van der Waals surface area contributed by atoms with E-state index >= 15 is 0 Å². The summed E-state index contributed by atoms with van der Waals surface area (Å²) in [5.41, 5.74) is 7.64. The fraction of sp³-hybridized carbons (Fsp3) is 0.588. The first-order chi connectivity index (χ1) is 9.33. The van der Waals surface area contributed by atoms with Crippen LogP contribution in [0.5, 0.6) is 0 Å². The molecule has 1 fully saturated rings. The summed E-state index contributed by atoms with van der Waals surface area (Å²) in [7, 11) is 0. The first kappa shape index (κ1) is 15.0. The second kappa shape index (κ2) is 5.57. The van der Waals surface area contributed by atoms with Crippen molar-refractivity contribution in [3.63, 3.8) is 0 Å². The number of carbonyl (C=O) groups excluding carboxylic acids is 1. The van der Waals surface area contributed by atoms with Crippen molar-refractivity contribution in [1.82, 2.24) is 0 Å². The lowest BCUT2D eigenvalue weighted by molar-refractivity contribution is -0.122. The molecule has 0 spiro atoms. The second-order valence-corrected chi connectivity index (χ2v) is 6.97. The van der Waals surface area contributed by atoms with Gasteiger partial charge in [-0.2, -0.15) is 0 Å². The van der Waals surface area contributed by atoms with Gasteiger partial charge in [0.2, 0.25) is 5.91 Å². The molecule has 0 heterocycles. The second-order valence-electron chi connectivity index (χ2n) is 6.97. The van der Waals surface area contributed by atoms with Crippen molar-refractivity contribution < 1.29 is 4.79 Å². The van der Waals surface area contributed by atoms with Crippen LogP contribution in [0.4, 0.5) is 5.69 Å². The predicted octanol–water partition coefficient (Wildman–Crippen LogP) is 3.58. The van der Waals surface area contributed by atoms with E-state index in [4.69, 9.17) is 5.73 Å². The SMILES string of the molecule is CC(C)(C)c1ccccc1NC(=O)C1(N)CCCCC1. The smallest absolute Gasteiger partial charge is 0.244 e. The minimum absolute atomic E-state index is 0.00179. The van der Waals surface area contributed by atoms with E-state index in [2.05, 4.69) is 32.2 Å². The molecule has 1 aromatic carbocycles. The van der Waals surface area contributed by atoms with Gasteiger partial charge in [-0.3, -0.25) is 4.79 Å². The number of benzene rings is 1. The zero-order valence-corrected chi connectivity index (χ0v) is 12.8. The van der Waals surface area contributed by atoms with Crippen LogP contribution >= 0.6 is 0 Å².